The Labute approximate surface area is 112 Å². The summed E-state index contributed by atoms with van der Waals surface area (Å²) < 4.78 is 5.13. The van der Waals surface area contributed by atoms with E-state index in [9.17, 15) is 9.59 Å². The molecule has 1 aromatic carbocycles. The molecule has 1 aromatic rings. The maximum Gasteiger partial charge on any atom is 0.335 e. The van der Waals surface area contributed by atoms with E-state index in [0.717, 1.165) is 26.1 Å². The fourth-order valence-electron chi connectivity index (χ4n) is 1.15. The third-order valence-electron chi connectivity index (χ3n) is 2.08. The Morgan fingerprint density at radius 3 is 1.42 bits per heavy atom. The molecule has 0 aliphatic carbocycles. The Hall–Kier alpha value is -1.88. The van der Waals surface area contributed by atoms with Gasteiger partial charge in [-0.05, 0) is 37.1 Å². The number of hydrogen-bond acceptors (Lipinski definition) is 3. The molecule has 0 saturated carbocycles. The van der Waals surface area contributed by atoms with Gasteiger partial charge in [0.1, 0.15) is 0 Å². The van der Waals surface area contributed by atoms with Gasteiger partial charge in [-0.25, -0.2) is 9.59 Å². The summed E-state index contributed by atoms with van der Waals surface area (Å²) in [6, 6.07) is 5.02. The number of aromatic carboxylic acids is 2. The highest BCUT2D eigenvalue weighted by Crippen LogP contribution is 2.03. The summed E-state index contributed by atoms with van der Waals surface area (Å²) >= 11 is 0. The number of rotatable bonds is 6. The van der Waals surface area contributed by atoms with Gasteiger partial charge in [0.25, 0.3) is 0 Å². The van der Waals surface area contributed by atoms with E-state index >= 15 is 0 Å². The first kappa shape index (κ1) is 17.1. The Kier molecular flexibility index (Phi) is 9.08. The van der Waals surface area contributed by atoms with Crippen molar-refractivity contribution >= 4 is 11.9 Å². The van der Waals surface area contributed by atoms with Crippen molar-refractivity contribution in [3.05, 3.63) is 35.4 Å². The lowest BCUT2D eigenvalue weighted by molar-refractivity contribution is 0.0681. The first-order valence-electron chi connectivity index (χ1n) is 6.17. The second-order valence-electron chi connectivity index (χ2n) is 3.80. The van der Waals surface area contributed by atoms with Crippen LogP contribution >= 0.6 is 0 Å². The standard InChI is InChI=1S/C8H6O4.C6H14O/c9-7(10)5-1-2-6(4-3-5)8(11)12;1-3-5-7-6-4-2/h1-4H,(H,9,10)(H,11,12);3-6H2,1-2H3. The van der Waals surface area contributed by atoms with Gasteiger partial charge in [-0.1, -0.05) is 13.8 Å². The summed E-state index contributed by atoms with van der Waals surface area (Å²) in [6.45, 7) is 6.09. The van der Waals surface area contributed by atoms with Crippen LogP contribution in [-0.2, 0) is 4.74 Å². The molecule has 0 atom stereocenters. The first-order chi connectivity index (χ1) is 9.02. The molecule has 0 spiro atoms. The van der Waals surface area contributed by atoms with E-state index in [-0.39, 0.29) is 11.1 Å². The Morgan fingerprint density at radius 1 is 0.895 bits per heavy atom. The van der Waals surface area contributed by atoms with Crippen molar-refractivity contribution in [2.24, 2.45) is 0 Å². The molecule has 5 heteroatoms. The average Bonchev–Trinajstić information content (AvgIpc) is 2.40. The van der Waals surface area contributed by atoms with Crippen LogP contribution in [0.4, 0.5) is 0 Å². The molecule has 0 aromatic heterocycles. The predicted octanol–water partition coefficient (Wildman–Crippen LogP) is 2.91. The largest absolute Gasteiger partial charge is 0.478 e. The van der Waals surface area contributed by atoms with Crippen molar-refractivity contribution in [2.45, 2.75) is 26.7 Å². The minimum Gasteiger partial charge on any atom is -0.478 e. The van der Waals surface area contributed by atoms with E-state index < -0.39 is 11.9 Å². The third kappa shape index (κ3) is 7.94. The molecule has 0 amide bonds. The molecule has 0 saturated heterocycles. The molecule has 1 rings (SSSR count). The van der Waals surface area contributed by atoms with Gasteiger partial charge in [-0.15, -0.1) is 0 Å². The van der Waals surface area contributed by atoms with Gasteiger partial charge in [0, 0.05) is 13.2 Å². The van der Waals surface area contributed by atoms with Crippen LogP contribution in [0.3, 0.4) is 0 Å². The van der Waals surface area contributed by atoms with Crippen molar-refractivity contribution in [1.82, 2.24) is 0 Å². The fraction of sp³-hybridized carbons (Fsp3) is 0.429. The van der Waals surface area contributed by atoms with E-state index in [4.69, 9.17) is 14.9 Å². The van der Waals surface area contributed by atoms with Crippen molar-refractivity contribution in [1.29, 1.82) is 0 Å². The highest BCUT2D eigenvalue weighted by molar-refractivity contribution is 5.91. The Balaban J connectivity index is 0.000000399. The molecule has 106 valence electrons. The van der Waals surface area contributed by atoms with Gasteiger partial charge in [-0.3, -0.25) is 0 Å². The highest BCUT2D eigenvalue weighted by atomic mass is 16.5. The highest BCUT2D eigenvalue weighted by Gasteiger charge is 2.04. The first-order valence-corrected chi connectivity index (χ1v) is 6.17. The smallest absolute Gasteiger partial charge is 0.335 e. The van der Waals surface area contributed by atoms with Crippen LogP contribution in [0.5, 0.6) is 0 Å². The number of carboxylic acids is 2. The zero-order chi connectivity index (χ0) is 14.7. The van der Waals surface area contributed by atoms with Gasteiger partial charge in [-0.2, -0.15) is 0 Å². The second-order valence-corrected chi connectivity index (χ2v) is 3.80. The minimum atomic E-state index is -1.06. The monoisotopic (exact) mass is 268 g/mol. The van der Waals surface area contributed by atoms with Crippen LogP contribution < -0.4 is 0 Å². The van der Waals surface area contributed by atoms with E-state index in [1.165, 1.54) is 24.3 Å². The molecule has 0 aliphatic rings. The molecule has 0 unspecified atom stereocenters. The number of carbonyl (C=O) groups is 2. The molecule has 0 heterocycles. The van der Waals surface area contributed by atoms with Crippen LogP contribution in [0.25, 0.3) is 0 Å². The number of benzene rings is 1. The lowest BCUT2D eigenvalue weighted by Crippen LogP contribution is -1.99. The molecule has 19 heavy (non-hydrogen) atoms. The van der Waals surface area contributed by atoms with Crippen LogP contribution in [0.15, 0.2) is 24.3 Å². The molecule has 0 radical (unpaired) electrons. The lowest BCUT2D eigenvalue weighted by Gasteiger charge is -1.95. The third-order valence-corrected chi connectivity index (χ3v) is 2.08. The summed E-state index contributed by atoms with van der Waals surface area (Å²) in [6.07, 6.45) is 2.28. The molecule has 2 N–H and O–H groups in total. The van der Waals surface area contributed by atoms with E-state index in [2.05, 4.69) is 13.8 Å². The quantitative estimate of drug-likeness (QED) is 0.775. The average molecular weight is 268 g/mol. The summed E-state index contributed by atoms with van der Waals surface area (Å²) in [5.74, 6) is -2.13. The second kappa shape index (κ2) is 10.1. The van der Waals surface area contributed by atoms with Gasteiger partial charge in [0.15, 0.2) is 0 Å². The molecule has 0 aliphatic heterocycles. The predicted molar refractivity (Wildman–Crippen MR) is 71.8 cm³/mol. The summed E-state index contributed by atoms with van der Waals surface area (Å²) in [5, 5.41) is 16.9. The maximum absolute atomic E-state index is 10.3. The van der Waals surface area contributed by atoms with Crippen molar-refractivity contribution < 1.29 is 24.5 Å². The molecule has 0 bridgehead atoms. The van der Waals surface area contributed by atoms with Crippen molar-refractivity contribution in [3.63, 3.8) is 0 Å². The van der Waals surface area contributed by atoms with E-state index in [1.807, 2.05) is 0 Å². The SMILES string of the molecule is CCCOCCC.O=C(O)c1ccc(C(=O)O)cc1. The number of hydrogen-bond donors (Lipinski definition) is 2. The number of ether oxygens (including phenoxy) is 1. The lowest BCUT2D eigenvalue weighted by atomic mass is 10.1. The van der Waals surface area contributed by atoms with Crippen LogP contribution in [-0.4, -0.2) is 35.4 Å². The molecule has 5 nitrogen and oxygen atoms in total. The molecule has 0 fully saturated rings. The van der Waals surface area contributed by atoms with Crippen molar-refractivity contribution in [3.8, 4) is 0 Å². The van der Waals surface area contributed by atoms with Crippen LogP contribution in [0, 0.1) is 0 Å². The molecular weight excluding hydrogens is 248 g/mol. The summed E-state index contributed by atoms with van der Waals surface area (Å²) in [4.78, 5) is 20.7. The van der Waals surface area contributed by atoms with Gasteiger partial charge in [0.2, 0.25) is 0 Å². The maximum atomic E-state index is 10.3. The summed E-state index contributed by atoms with van der Waals surface area (Å²) in [7, 11) is 0. The fourth-order valence-corrected chi connectivity index (χ4v) is 1.15. The Bertz CT molecular complexity index is 346. The van der Waals surface area contributed by atoms with Gasteiger partial charge in [0.05, 0.1) is 11.1 Å². The minimum absolute atomic E-state index is 0.0833. The summed E-state index contributed by atoms with van der Waals surface area (Å²) in [5.41, 5.74) is 0.167. The molecular formula is C14H20O5. The van der Waals surface area contributed by atoms with E-state index in [1.54, 1.807) is 0 Å². The normalized spacial score (nSPS) is 9.37. The zero-order valence-corrected chi connectivity index (χ0v) is 11.3. The topological polar surface area (TPSA) is 83.8 Å². The van der Waals surface area contributed by atoms with Crippen LogP contribution in [0.1, 0.15) is 47.4 Å². The van der Waals surface area contributed by atoms with Crippen molar-refractivity contribution in [2.75, 3.05) is 13.2 Å². The van der Waals surface area contributed by atoms with Crippen LogP contribution in [0.2, 0.25) is 0 Å². The van der Waals surface area contributed by atoms with Gasteiger partial charge >= 0.3 is 11.9 Å². The Morgan fingerprint density at radius 2 is 1.21 bits per heavy atom. The number of carboxylic acid groups (broad SMARTS) is 2. The van der Waals surface area contributed by atoms with Gasteiger partial charge < -0.3 is 14.9 Å². The zero-order valence-electron chi connectivity index (χ0n) is 11.3. The van der Waals surface area contributed by atoms with E-state index in [0.29, 0.717) is 0 Å².